The zero-order chi connectivity index (χ0) is 15.3. The van der Waals surface area contributed by atoms with Crippen molar-refractivity contribution in [1.29, 1.82) is 0 Å². The van der Waals surface area contributed by atoms with Crippen molar-refractivity contribution in [2.24, 2.45) is 0 Å². The normalized spacial score (nSPS) is 11.9. The zero-order valence-electron chi connectivity index (χ0n) is 12.4. The lowest BCUT2D eigenvalue weighted by atomic mass is 10.0. The van der Waals surface area contributed by atoms with Gasteiger partial charge in [0.05, 0.1) is 11.4 Å². The second-order valence-electron chi connectivity index (χ2n) is 4.83. The minimum atomic E-state index is -3.63. The van der Waals surface area contributed by atoms with Crippen LogP contribution >= 0.6 is 0 Å². The van der Waals surface area contributed by atoms with Crippen LogP contribution in [0, 0.1) is 0 Å². The number of sulfonamides is 1. The Hall–Kier alpha value is -1.40. The Bertz CT molecular complexity index is 550. The largest absolute Gasteiger partial charge is 0.358 e. The van der Waals surface area contributed by atoms with Gasteiger partial charge in [-0.1, -0.05) is 32.9 Å². The van der Waals surface area contributed by atoms with Crippen molar-refractivity contribution < 1.29 is 13.2 Å². The van der Waals surface area contributed by atoms with Crippen molar-refractivity contribution in [3.63, 3.8) is 0 Å². The first-order chi connectivity index (χ1) is 9.32. The van der Waals surface area contributed by atoms with Gasteiger partial charge in [0.15, 0.2) is 0 Å². The first-order valence-corrected chi connectivity index (χ1v) is 8.07. The minimum Gasteiger partial charge on any atom is -0.358 e. The molecule has 0 aromatic heterocycles. The van der Waals surface area contributed by atoms with E-state index in [1.807, 2.05) is 26.0 Å². The molecule has 1 N–H and O–H groups in total. The van der Waals surface area contributed by atoms with Gasteiger partial charge in [-0.3, -0.25) is 4.79 Å². The first kappa shape index (κ1) is 16.7. The Morgan fingerprint density at radius 1 is 1.25 bits per heavy atom. The quantitative estimate of drug-likeness (QED) is 0.867. The van der Waals surface area contributed by atoms with Crippen LogP contribution in [0.4, 0.5) is 0 Å². The molecule has 0 bridgehead atoms. The molecule has 1 aromatic carbocycles. The van der Waals surface area contributed by atoms with Gasteiger partial charge in [-0.05, 0) is 23.6 Å². The molecule has 0 saturated heterocycles. The molecule has 0 aliphatic rings. The fourth-order valence-corrected chi connectivity index (χ4v) is 3.19. The third kappa shape index (κ3) is 3.80. The van der Waals surface area contributed by atoms with Gasteiger partial charge in [0.2, 0.25) is 15.9 Å². The van der Waals surface area contributed by atoms with Crippen molar-refractivity contribution in [3.8, 4) is 0 Å². The molecule has 1 amide bonds. The first-order valence-electron chi connectivity index (χ1n) is 6.63. The molecule has 0 heterocycles. The Labute approximate surface area is 121 Å². The third-order valence-electron chi connectivity index (χ3n) is 3.14. The summed E-state index contributed by atoms with van der Waals surface area (Å²) in [5, 5.41) is 2.43. The minimum absolute atomic E-state index is 0.165. The van der Waals surface area contributed by atoms with E-state index in [1.165, 1.54) is 7.05 Å². The number of rotatable bonds is 6. The number of nitrogens with zero attached hydrogens (tertiary/aromatic N) is 1. The molecule has 112 valence electrons. The molecular weight excluding hydrogens is 276 g/mol. The van der Waals surface area contributed by atoms with E-state index >= 15 is 0 Å². The summed E-state index contributed by atoms with van der Waals surface area (Å²) in [5.74, 6) is 0.0223. The number of hydrogen-bond donors (Lipinski definition) is 1. The molecule has 0 spiro atoms. The van der Waals surface area contributed by atoms with Gasteiger partial charge >= 0.3 is 0 Å². The van der Waals surface area contributed by atoms with Crippen LogP contribution in [-0.2, 0) is 14.8 Å². The lowest BCUT2D eigenvalue weighted by Gasteiger charge is -2.19. The lowest BCUT2D eigenvalue weighted by Crippen LogP contribution is -2.39. The topological polar surface area (TPSA) is 66.5 Å². The maximum absolute atomic E-state index is 12.4. The molecule has 6 heteroatoms. The summed E-state index contributed by atoms with van der Waals surface area (Å²) in [4.78, 5) is 11.6. The summed E-state index contributed by atoms with van der Waals surface area (Å²) in [5.41, 5.74) is 1.08. The average molecular weight is 298 g/mol. The summed E-state index contributed by atoms with van der Waals surface area (Å²) in [7, 11) is -2.14. The van der Waals surface area contributed by atoms with E-state index in [0.717, 1.165) is 9.87 Å². The number of benzene rings is 1. The van der Waals surface area contributed by atoms with Crippen LogP contribution in [0.1, 0.15) is 32.3 Å². The average Bonchev–Trinajstić information content (AvgIpc) is 2.44. The molecule has 0 atom stereocenters. The van der Waals surface area contributed by atoms with E-state index in [0.29, 0.717) is 5.92 Å². The summed E-state index contributed by atoms with van der Waals surface area (Å²) in [6.45, 7) is 5.90. The standard InChI is InChI=1S/C14H22N2O3S/c1-5-16(10-14(17)15-4)20(18,19)13-8-6-12(7-9-13)11(2)3/h6-9,11H,5,10H2,1-4H3,(H,15,17). The van der Waals surface area contributed by atoms with Crippen molar-refractivity contribution in [3.05, 3.63) is 29.8 Å². The molecule has 0 radical (unpaired) electrons. The molecule has 1 aromatic rings. The van der Waals surface area contributed by atoms with Crippen molar-refractivity contribution >= 4 is 15.9 Å². The van der Waals surface area contributed by atoms with Crippen molar-refractivity contribution in [1.82, 2.24) is 9.62 Å². The molecule has 0 unspecified atom stereocenters. The summed E-state index contributed by atoms with van der Waals surface area (Å²) >= 11 is 0. The van der Waals surface area contributed by atoms with Gasteiger partial charge in [-0.25, -0.2) is 8.42 Å². The number of likely N-dealkylation sites (N-methyl/N-ethyl adjacent to an activating group) is 2. The fraction of sp³-hybridized carbons (Fsp3) is 0.500. The third-order valence-corrected chi connectivity index (χ3v) is 5.07. The number of nitrogens with one attached hydrogen (secondary N) is 1. The maximum Gasteiger partial charge on any atom is 0.243 e. The van der Waals surface area contributed by atoms with E-state index in [9.17, 15) is 13.2 Å². The van der Waals surface area contributed by atoms with Gasteiger partial charge < -0.3 is 5.32 Å². The molecule has 0 fully saturated rings. The van der Waals surface area contributed by atoms with E-state index in [-0.39, 0.29) is 23.9 Å². The van der Waals surface area contributed by atoms with Gasteiger partial charge in [0.1, 0.15) is 0 Å². The molecule has 0 aliphatic heterocycles. The second-order valence-corrected chi connectivity index (χ2v) is 6.77. The number of carbonyl (C=O) groups excluding carboxylic acids is 1. The van der Waals surface area contributed by atoms with Crippen molar-refractivity contribution in [2.45, 2.75) is 31.6 Å². The Kier molecular flexibility index (Phi) is 5.71. The number of amides is 1. The number of hydrogen-bond acceptors (Lipinski definition) is 3. The maximum atomic E-state index is 12.4. The van der Waals surface area contributed by atoms with Crippen LogP contribution in [0.2, 0.25) is 0 Å². The van der Waals surface area contributed by atoms with E-state index in [1.54, 1.807) is 19.1 Å². The Balaban J connectivity index is 3.04. The van der Waals surface area contributed by atoms with E-state index in [2.05, 4.69) is 5.32 Å². The molecule has 1 rings (SSSR count). The second kappa shape index (κ2) is 6.85. The fourth-order valence-electron chi connectivity index (χ4n) is 1.78. The summed E-state index contributed by atoms with van der Waals surface area (Å²) in [6.07, 6.45) is 0. The molecular formula is C14H22N2O3S. The highest BCUT2D eigenvalue weighted by molar-refractivity contribution is 7.89. The van der Waals surface area contributed by atoms with Gasteiger partial charge in [-0.15, -0.1) is 0 Å². The smallest absolute Gasteiger partial charge is 0.243 e. The van der Waals surface area contributed by atoms with Crippen LogP contribution in [0.15, 0.2) is 29.2 Å². The zero-order valence-corrected chi connectivity index (χ0v) is 13.2. The van der Waals surface area contributed by atoms with Crippen LogP contribution in [-0.4, -0.2) is 38.8 Å². The van der Waals surface area contributed by atoms with E-state index in [4.69, 9.17) is 0 Å². The Morgan fingerprint density at radius 3 is 2.20 bits per heavy atom. The number of carbonyl (C=O) groups is 1. The highest BCUT2D eigenvalue weighted by atomic mass is 32.2. The van der Waals surface area contributed by atoms with Crippen LogP contribution in [0.3, 0.4) is 0 Å². The highest BCUT2D eigenvalue weighted by Gasteiger charge is 2.24. The van der Waals surface area contributed by atoms with Crippen LogP contribution < -0.4 is 5.32 Å². The molecule has 20 heavy (non-hydrogen) atoms. The SMILES string of the molecule is CCN(CC(=O)NC)S(=O)(=O)c1ccc(C(C)C)cc1. The lowest BCUT2D eigenvalue weighted by molar-refractivity contribution is -0.120. The Morgan fingerprint density at radius 2 is 1.80 bits per heavy atom. The predicted molar refractivity (Wildman–Crippen MR) is 79.0 cm³/mol. The van der Waals surface area contributed by atoms with Gasteiger partial charge in [0.25, 0.3) is 0 Å². The molecule has 0 aliphatic carbocycles. The van der Waals surface area contributed by atoms with E-state index < -0.39 is 10.0 Å². The monoisotopic (exact) mass is 298 g/mol. The van der Waals surface area contributed by atoms with Gasteiger partial charge in [-0.2, -0.15) is 4.31 Å². The summed E-state index contributed by atoms with van der Waals surface area (Å²) in [6, 6.07) is 6.81. The van der Waals surface area contributed by atoms with Crippen LogP contribution in [0.25, 0.3) is 0 Å². The van der Waals surface area contributed by atoms with Gasteiger partial charge in [0, 0.05) is 13.6 Å². The highest BCUT2D eigenvalue weighted by Crippen LogP contribution is 2.20. The summed E-state index contributed by atoms with van der Waals surface area (Å²) < 4.78 is 26.0. The predicted octanol–water partition coefficient (Wildman–Crippen LogP) is 1.57. The molecule has 0 saturated carbocycles. The van der Waals surface area contributed by atoms with Crippen molar-refractivity contribution in [2.75, 3.05) is 20.1 Å². The molecule has 5 nitrogen and oxygen atoms in total. The van der Waals surface area contributed by atoms with Crippen LogP contribution in [0.5, 0.6) is 0 Å².